The zero-order valence-corrected chi connectivity index (χ0v) is 29.6. The lowest BCUT2D eigenvalue weighted by Crippen LogP contribution is -2.33. The lowest BCUT2D eigenvalue weighted by molar-refractivity contribution is -0.384. The molecule has 1 heterocycles. The number of carbonyl (C=O) groups excluding carboxylic acids is 2. The highest BCUT2D eigenvalue weighted by Gasteiger charge is 2.38. The van der Waals surface area contributed by atoms with Gasteiger partial charge in [-0.1, -0.05) is 48.5 Å². The lowest BCUT2D eigenvalue weighted by atomic mass is 9.80. The zero-order chi connectivity index (χ0) is 34.8. The van der Waals surface area contributed by atoms with Crippen molar-refractivity contribution in [3.05, 3.63) is 123 Å². The number of hydrogen-bond donors (Lipinski definition) is 3. The first-order valence-electron chi connectivity index (χ1n) is 16.4. The van der Waals surface area contributed by atoms with Crippen LogP contribution in [0.25, 0.3) is 0 Å². The number of ether oxygens (including phenoxy) is 2. The molecule has 1 aliphatic heterocycles. The van der Waals surface area contributed by atoms with Crippen LogP contribution in [0.1, 0.15) is 38.2 Å². The third kappa shape index (κ3) is 12.1. The molecule has 260 valence electrons. The van der Waals surface area contributed by atoms with Gasteiger partial charge in [-0.15, -0.1) is 23.5 Å². The molecule has 10 nitrogen and oxygen atoms in total. The van der Waals surface area contributed by atoms with Gasteiger partial charge in [-0.2, -0.15) is 0 Å². The highest BCUT2D eigenvalue weighted by molar-refractivity contribution is 7.99. The fourth-order valence-corrected chi connectivity index (χ4v) is 6.99. The molecule has 1 aliphatic rings. The first-order valence-corrected chi connectivity index (χ1v) is 18.4. The summed E-state index contributed by atoms with van der Waals surface area (Å²) in [5, 5.41) is 21.5. The molecule has 12 heteroatoms. The molecule has 0 radical (unpaired) electrons. The maximum absolute atomic E-state index is 13.6. The maximum atomic E-state index is 13.6. The number of carbonyl (C=O) groups is 2. The molecule has 4 rings (SSSR count). The number of nitro groups is 1. The molecular formula is C37H44N4O6S2. The first kappa shape index (κ1) is 37.7. The SMILES string of the molecule is CC1=C(C(=O)OCCCNCCSc2ccccc2)C(c2cccc([N+](=O)[O-])c2)C(C(=O)OCCCNCCSc2ccccc2)=C(C)N1. The molecule has 3 N–H and O–H groups in total. The van der Waals surface area contributed by atoms with Crippen LogP contribution in [-0.4, -0.2) is 67.8 Å². The van der Waals surface area contributed by atoms with Crippen LogP contribution in [0.2, 0.25) is 0 Å². The van der Waals surface area contributed by atoms with Gasteiger partial charge in [0.2, 0.25) is 0 Å². The minimum atomic E-state index is -0.901. The van der Waals surface area contributed by atoms with Crippen LogP contribution in [0.4, 0.5) is 5.69 Å². The van der Waals surface area contributed by atoms with Crippen LogP contribution < -0.4 is 16.0 Å². The van der Waals surface area contributed by atoms with E-state index in [-0.39, 0.29) is 30.0 Å². The molecule has 0 saturated heterocycles. The average Bonchev–Trinajstić information content (AvgIpc) is 3.11. The van der Waals surface area contributed by atoms with E-state index in [1.54, 1.807) is 49.5 Å². The van der Waals surface area contributed by atoms with Gasteiger partial charge < -0.3 is 25.4 Å². The summed E-state index contributed by atoms with van der Waals surface area (Å²) >= 11 is 3.54. The van der Waals surface area contributed by atoms with Crippen molar-refractivity contribution in [3.8, 4) is 0 Å². The van der Waals surface area contributed by atoms with Gasteiger partial charge in [0.05, 0.1) is 35.2 Å². The van der Waals surface area contributed by atoms with Gasteiger partial charge >= 0.3 is 11.9 Å². The molecule has 0 saturated carbocycles. The van der Waals surface area contributed by atoms with Gasteiger partial charge in [-0.05, 0) is 69.6 Å². The van der Waals surface area contributed by atoms with Crippen molar-refractivity contribution in [2.24, 2.45) is 0 Å². The Kier molecular flexibility index (Phi) is 15.7. The Morgan fingerprint density at radius 2 is 1.22 bits per heavy atom. The second-order valence-corrected chi connectivity index (χ2v) is 13.6. The minimum absolute atomic E-state index is 0.139. The van der Waals surface area contributed by atoms with Crippen molar-refractivity contribution >= 4 is 41.1 Å². The van der Waals surface area contributed by atoms with E-state index in [0.717, 1.165) is 24.6 Å². The molecule has 0 atom stereocenters. The summed E-state index contributed by atoms with van der Waals surface area (Å²) in [6, 6.07) is 26.4. The van der Waals surface area contributed by atoms with Gasteiger partial charge in [0.15, 0.2) is 0 Å². The van der Waals surface area contributed by atoms with Crippen LogP contribution in [0, 0.1) is 10.1 Å². The van der Waals surface area contributed by atoms with E-state index in [0.29, 0.717) is 42.9 Å². The smallest absolute Gasteiger partial charge is 0.336 e. The second-order valence-electron chi connectivity index (χ2n) is 11.3. The summed E-state index contributed by atoms with van der Waals surface area (Å²) in [5.74, 6) is -0.237. The monoisotopic (exact) mass is 704 g/mol. The fraction of sp³-hybridized carbons (Fsp3) is 0.351. The molecular weight excluding hydrogens is 661 g/mol. The topological polar surface area (TPSA) is 132 Å². The van der Waals surface area contributed by atoms with Crippen LogP contribution in [0.3, 0.4) is 0 Å². The number of dihydropyridines is 1. The first-order chi connectivity index (χ1) is 23.8. The number of esters is 2. The van der Waals surface area contributed by atoms with E-state index < -0.39 is 22.8 Å². The molecule has 0 amide bonds. The van der Waals surface area contributed by atoms with E-state index in [4.69, 9.17) is 9.47 Å². The Bertz CT molecular complexity index is 1510. The second kappa shape index (κ2) is 20.4. The number of hydrogen-bond acceptors (Lipinski definition) is 11. The molecule has 49 heavy (non-hydrogen) atoms. The molecule has 0 unspecified atom stereocenters. The van der Waals surface area contributed by atoms with Gasteiger partial charge in [-0.3, -0.25) is 10.1 Å². The third-order valence-corrected chi connectivity index (χ3v) is 9.69. The van der Waals surface area contributed by atoms with Crippen LogP contribution in [0.5, 0.6) is 0 Å². The molecule has 0 fully saturated rings. The van der Waals surface area contributed by atoms with Crippen molar-refractivity contribution < 1.29 is 24.0 Å². The Labute approximate surface area is 296 Å². The maximum Gasteiger partial charge on any atom is 0.336 e. The summed E-state index contributed by atoms with van der Waals surface area (Å²) in [5.41, 5.74) is 1.78. The Morgan fingerprint density at radius 3 is 1.69 bits per heavy atom. The number of nitrogens with zero attached hydrogens (tertiary/aromatic N) is 1. The predicted octanol–water partition coefficient (Wildman–Crippen LogP) is 6.46. The summed E-state index contributed by atoms with van der Waals surface area (Å²) in [7, 11) is 0. The van der Waals surface area contributed by atoms with E-state index in [1.807, 2.05) is 36.4 Å². The summed E-state index contributed by atoms with van der Waals surface area (Å²) in [6.45, 7) is 6.80. The predicted molar refractivity (Wildman–Crippen MR) is 196 cm³/mol. The third-order valence-electron chi connectivity index (χ3n) is 7.66. The number of thioether (sulfide) groups is 2. The normalized spacial score (nSPS) is 13.3. The highest BCUT2D eigenvalue weighted by Crippen LogP contribution is 2.40. The Hall–Kier alpha value is -4.10. The molecule has 0 spiro atoms. The van der Waals surface area contributed by atoms with Crippen LogP contribution in [-0.2, 0) is 19.1 Å². The summed E-state index contributed by atoms with van der Waals surface area (Å²) < 4.78 is 11.4. The van der Waals surface area contributed by atoms with Crippen molar-refractivity contribution in [2.75, 3.05) is 50.9 Å². The standard InChI is InChI=1S/C37H44N4O6S2/c1-27-33(36(42)46-22-10-18-38-20-24-48-31-14-5-3-6-15-31)35(29-12-9-13-30(26-29)41(44)45)34(28(2)40-27)37(43)47-23-11-19-39-21-25-49-32-16-7-4-8-17-32/h3-9,12-17,26,35,38-40H,10-11,18-25H2,1-2H3. The Morgan fingerprint density at radius 1 is 0.735 bits per heavy atom. The van der Waals surface area contributed by atoms with E-state index in [2.05, 4.69) is 40.2 Å². The Balaban J connectivity index is 1.31. The van der Waals surface area contributed by atoms with Crippen molar-refractivity contribution in [3.63, 3.8) is 0 Å². The molecule has 0 aliphatic carbocycles. The fourth-order valence-electron chi connectivity index (χ4n) is 5.33. The number of rotatable bonds is 20. The van der Waals surface area contributed by atoms with Gasteiger partial charge in [0.25, 0.3) is 5.69 Å². The van der Waals surface area contributed by atoms with Crippen molar-refractivity contribution in [1.29, 1.82) is 0 Å². The largest absolute Gasteiger partial charge is 0.462 e. The van der Waals surface area contributed by atoms with E-state index >= 15 is 0 Å². The number of allylic oxidation sites excluding steroid dienone is 2. The average molecular weight is 705 g/mol. The molecule has 0 aromatic heterocycles. The number of benzene rings is 3. The molecule has 0 bridgehead atoms. The van der Waals surface area contributed by atoms with Crippen LogP contribution >= 0.6 is 23.5 Å². The summed E-state index contributed by atoms with van der Waals surface area (Å²) in [4.78, 5) is 40.8. The number of non-ortho nitro benzene ring substituents is 1. The van der Waals surface area contributed by atoms with Gasteiger partial charge in [0.1, 0.15) is 0 Å². The van der Waals surface area contributed by atoms with E-state index in [1.165, 1.54) is 21.9 Å². The van der Waals surface area contributed by atoms with Crippen molar-refractivity contribution in [1.82, 2.24) is 16.0 Å². The van der Waals surface area contributed by atoms with Crippen molar-refractivity contribution in [2.45, 2.75) is 42.4 Å². The minimum Gasteiger partial charge on any atom is -0.462 e. The van der Waals surface area contributed by atoms with Gasteiger partial charge in [0, 0.05) is 57.9 Å². The number of nitro benzene ring substituents is 1. The highest BCUT2D eigenvalue weighted by atomic mass is 32.2. The zero-order valence-electron chi connectivity index (χ0n) is 27.9. The van der Waals surface area contributed by atoms with Gasteiger partial charge in [-0.25, -0.2) is 9.59 Å². The quantitative estimate of drug-likeness (QED) is 0.0394. The van der Waals surface area contributed by atoms with E-state index in [9.17, 15) is 19.7 Å². The van der Waals surface area contributed by atoms with Crippen LogP contribution in [0.15, 0.2) is 117 Å². The summed E-state index contributed by atoms with van der Waals surface area (Å²) in [6.07, 6.45) is 1.21. The lowest BCUT2D eigenvalue weighted by Gasteiger charge is -2.30. The molecule has 3 aromatic carbocycles. The number of nitrogens with one attached hydrogen (secondary N) is 3. The molecule has 3 aromatic rings.